The zero-order valence-corrected chi connectivity index (χ0v) is 12.6. The number of alkyl halides is 3. The Bertz CT molecular complexity index is 743. The molecule has 1 aliphatic rings. The second-order valence-corrected chi connectivity index (χ2v) is 5.55. The molecule has 2 aromatic rings. The first-order valence-corrected chi connectivity index (χ1v) is 7.02. The molecule has 1 amide bonds. The normalized spacial score (nSPS) is 19.4. The third-order valence-electron chi connectivity index (χ3n) is 4.03. The van der Waals surface area contributed by atoms with E-state index in [1.165, 1.54) is 4.52 Å². The van der Waals surface area contributed by atoms with E-state index in [1.54, 1.807) is 23.9 Å². The lowest BCUT2D eigenvalue weighted by Crippen LogP contribution is -2.48. The van der Waals surface area contributed by atoms with E-state index in [-0.39, 0.29) is 23.5 Å². The van der Waals surface area contributed by atoms with Gasteiger partial charge in [-0.3, -0.25) is 4.79 Å². The van der Waals surface area contributed by atoms with Gasteiger partial charge in [-0.15, -0.1) is 0 Å². The molecule has 7 nitrogen and oxygen atoms in total. The maximum Gasteiger partial charge on any atom is 0.433 e. The molecule has 0 aromatic carbocycles. The van der Waals surface area contributed by atoms with Crippen LogP contribution < -0.4 is 4.90 Å². The highest BCUT2D eigenvalue weighted by Crippen LogP contribution is 2.31. The van der Waals surface area contributed by atoms with E-state index in [9.17, 15) is 18.0 Å². The van der Waals surface area contributed by atoms with Gasteiger partial charge in [0.2, 0.25) is 5.91 Å². The van der Waals surface area contributed by atoms with Crippen LogP contribution >= 0.6 is 0 Å². The van der Waals surface area contributed by atoms with Gasteiger partial charge >= 0.3 is 6.18 Å². The maximum atomic E-state index is 13.0. The molecule has 1 saturated heterocycles. The van der Waals surface area contributed by atoms with Crippen molar-refractivity contribution < 1.29 is 18.0 Å². The quantitative estimate of drug-likeness (QED) is 0.829. The largest absolute Gasteiger partial charge is 0.433 e. The minimum absolute atomic E-state index is 0.0336. The minimum atomic E-state index is -4.57. The maximum absolute atomic E-state index is 13.0. The Morgan fingerprint density at radius 2 is 2.13 bits per heavy atom. The van der Waals surface area contributed by atoms with Gasteiger partial charge in [0.15, 0.2) is 5.69 Å². The fourth-order valence-electron chi connectivity index (χ4n) is 2.69. The van der Waals surface area contributed by atoms with Gasteiger partial charge in [0.1, 0.15) is 12.1 Å². The second-order valence-electron chi connectivity index (χ2n) is 5.55. The van der Waals surface area contributed by atoms with E-state index in [0.29, 0.717) is 19.4 Å². The molecule has 0 N–H and O–H groups in total. The molecule has 0 bridgehead atoms. The number of piperidine rings is 1. The van der Waals surface area contributed by atoms with Crippen LogP contribution in [-0.4, -0.2) is 57.1 Å². The highest BCUT2D eigenvalue weighted by Gasteiger charge is 2.35. The molecule has 3 rings (SSSR count). The molecule has 0 spiro atoms. The summed E-state index contributed by atoms with van der Waals surface area (Å²) < 4.78 is 40.4. The first-order chi connectivity index (χ1) is 10.8. The Kier molecular flexibility index (Phi) is 3.61. The predicted octanol–water partition coefficient (Wildman–Crippen LogP) is 1.20. The van der Waals surface area contributed by atoms with Crippen LogP contribution in [0.3, 0.4) is 0 Å². The number of likely N-dealkylation sites (N-methyl/N-ethyl adjacent to an activating group) is 2. The smallest absolute Gasteiger partial charge is 0.355 e. The Morgan fingerprint density at radius 1 is 1.39 bits per heavy atom. The van der Waals surface area contributed by atoms with E-state index in [1.807, 2.05) is 0 Å². The lowest BCUT2D eigenvalue weighted by molar-refractivity contribution is -0.141. The Morgan fingerprint density at radius 3 is 2.78 bits per heavy atom. The van der Waals surface area contributed by atoms with Gasteiger partial charge in [-0.25, -0.2) is 4.98 Å². The fourth-order valence-corrected chi connectivity index (χ4v) is 2.69. The van der Waals surface area contributed by atoms with Crippen molar-refractivity contribution >= 4 is 17.5 Å². The molecule has 1 atom stereocenters. The average molecular weight is 328 g/mol. The van der Waals surface area contributed by atoms with Crippen molar-refractivity contribution in [3.63, 3.8) is 0 Å². The van der Waals surface area contributed by atoms with Crippen LogP contribution in [0.2, 0.25) is 0 Å². The Hall–Kier alpha value is -2.39. The van der Waals surface area contributed by atoms with Crippen LogP contribution in [-0.2, 0) is 11.0 Å². The zero-order valence-electron chi connectivity index (χ0n) is 12.6. The SMILES string of the molecule is CN1CC(N(C)c2cc(C(F)(F)F)nc3ncnn23)CCC1=O. The summed E-state index contributed by atoms with van der Waals surface area (Å²) in [6, 6.07) is 0.853. The van der Waals surface area contributed by atoms with Crippen molar-refractivity contribution in [3.8, 4) is 0 Å². The molecule has 23 heavy (non-hydrogen) atoms. The van der Waals surface area contributed by atoms with Gasteiger partial charge in [-0.1, -0.05) is 0 Å². The average Bonchev–Trinajstić information content (AvgIpc) is 2.96. The number of hydrogen-bond donors (Lipinski definition) is 0. The molecule has 124 valence electrons. The molecule has 10 heteroatoms. The summed E-state index contributed by atoms with van der Waals surface area (Å²) in [4.78, 5) is 22.1. The number of amides is 1. The van der Waals surface area contributed by atoms with Crippen molar-refractivity contribution in [2.45, 2.75) is 25.1 Å². The van der Waals surface area contributed by atoms with E-state index in [2.05, 4.69) is 15.1 Å². The summed E-state index contributed by atoms with van der Waals surface area (Å²) in [7, 11) is 3.37. The van der Waals surface area contributed by atoms with Crippen molar-refractivity contribution in [2.75, 3.05) is 25.5 Å². The lowest BCUT2D eigenvalue weighted by atomic mass is 10.0. The molecule has 1 aliphatic heterocycles. The first-order valence-electron chi connectivity index (χ1n) is 7.02. The van der Waals surface area contributed by atoms with Crippen LogP contribution in [0.25, 0.3) is 5.78 Å². The summed E-state index contributed by atoms with van der Waals surface area (Å²) in [5.41, 5.74) is -1.01. The van der Waals surface area contributed by atoms with Crippen molar-refractivity contribution in [1.29, 1.82) is 0 Å². The minimum Gasteiger partial charge on any atom is -0.355 e. The monoisotopic (exact) mass is 328 g/mol. The molecule has 1 unspecified atom stereocenters. The number of nitrogens with zero attached hydrogens (tertiary/aromatic N) is 6. The van der Waals surface area contributed by atoms with Crippen molar-refractivity contribution in [1.82, 2.24) is 24.5 Å². The van der Waals surface area contributed by atoms with Crippen molar-refractivity contribution in [2.24, 2.45) is 0 Å². The fraction of sp³-hybridized carbons (Fsp3) is 0.538. The number of anilines is 1. The molecule has 0 radical (unpaired) electrons. The second kappa shape index (κ2) is 5.36. The number of likely N-dealkylation sites (tertiary alicyclic amines) is 1. The summed E-state index contributed by atoms with van der Waals surface area (Å²) in [5, 5.41) is 3.95. The Labute approximate surface area is 129 Å². The molecular weight excluding hydrogens is 313 g/mol. The molecule has 0 aliphatic carbocycles. The number of fused-ring (bicyclic) bond motifs is 1. The lowest BCUT2D eigenvalue weighted by Gasteiger charge is -2.36. The molecule has 2 aromatic heterocycles. The molecule has 1 fully saturated rings. The molecule has 3 heterocycles. The Balaban J connectivity index is 2.01. The molecular formula is C13H15F3N6O. The number of halogens is 3. The number of rotatable bonds is 2. The summed E-state index contributed by atoms with van der Waals surface area (Å²) in [5.74, 6) is 0.167. The number of aromatic nitrogens is 4. The van der Waals surface area contributed by atoms with Crippen LogP contribution in [0.4, 0.5) is 19.0 Å². The van der Waals surface area contributed by atoms with E-state index >= 15 is 0 Å². The highest BCUT2D eigenvalue weighted by atomic mass is 19.4. The standard InChI is InChI=1S/C13H15F3N6O/c1-20-6-8(3-4-11(20)23)21(2)10-5-9(13(14,15)16)19-12-17-7-18-22(10)12/h5,7-8H,3-4,6H2,1-2H3. The van der Waals surface area contributed by atoms with Gasteiger partial charge in [0, 0.05) is 39.2 Å². The van der Waals surface area contributed by atoms with E-state index in [4.69, 9.17) is 0 Å². The van der Waals surface area contributed by atoms with Gasteiger partial charge < -0.3 is 9.80 Å². The summed E-state index contributed by atoms with van der Waals surface area (Å²) in [6.45, 7) is 0.440. The summed E-state index contributed by atoms with van der Waals surface area (Å²) in [6.07, 6.45) is -2.47. The summed E-state index contributed by atoms with van der Waals surface area (Å²) >= 11 is 0. The van der Waals surface area contributed by atoms with Crippen LogP contribution in [0, 0.1) is 0 Å². The van der Waals surface area contributed by atoms with Gasteiger partial charge in [0.25, 0.3) is 5.78 Å². The molecule has 0 saturated carbocycles. The first kappa shape index (κ1) is 15.5. The van der Waals surface area contributed by atoms with E-state index in [0.717, 1.165) is 12.4 Å². The van der Waals surface area contributed by atoms with Crippen molar-refractivity contribution in [3.05, 3.63) is 18.1 Å². The number of carbonyl (C=O) groups excluding carboxylic acids is 1. The number of hydrogen-bond acceptors (Lipinski definition) is 5. The third-order valence-corrected chi connectivity index (χ3v) is 4.03. The van der Waals surface area contributed by atoms with Crippen LogP contribution in [0.1, 0.15) is 18.5 Å². The third kappa shape index (κ3) is 2.80. The van der Waals surface area contributed by atoms with E-state index < -0.39 is 11.9 Å². The zero-order chi connectivity index (χ0) is 16.8. The van der Waals surface area contributed by atoms with Crippen LogP contribution in [0.15, 0.2) is 12.4 Å². The van der Waals surface area contributed by atoms with Gasteiger partial charge in [0.05, 0.1) is 0 Å². The topological polar surface area (TPSA) is 66.6 Å². The van der Waals surface area contributed by atoms with Gasteiger partial charge in [-0.05, 0) is 6.42 Å². The van der Waals surface area contributed by atoms with Crippen LogP contribution in [0.5, 0.6) is 0 Å². The number of carbonyl (C=O) groups is 1. The predicted molar refractivity (Wildman–Crippen MR) is 74.8 cm³/mol. The highest BCUT2D eigenvalue weighted by molar-refractivity contribution is 5.77. The van der Waals surface area contributed by atoms with Gasteiger partial charge in [-0.2, -0.15) is 27.8 Å².